The van der Waals surface area contributed by atoms with Gasteiger partial charge in [-0.25, -0.2) is 4.79 Å². The van der Waals surface area contributed by atoms with Crippen LogP contribution in [-0.2, 0) is 14.3 Å². The summed E-state index contributed by atoms with van der Waals surface area (Å²) in [5.74, 6) is -1.58. The third kappa shape index (κ3) is 5.07. The highest BCUT2D eigenvalue weighted by atomic mass is 16.5. The minimum Gasteiger partial charge on any atom is -0.481 e. The van der Waals surface area contributed by atoms with E-state index in [1.165, 1.54) is 4.90 Å². The lowest BCUT2D eigenvalue weighted by Gasteiger charge is -2.38. The molecule has 8 nitrogen and oxygen atoms in total. The molecular formula is C26H30N2O6. The van der Waals surface area contributed by atoms with Crippen LogP contribution in [0.1, 0.15) is 49.7 Å². The smallest absolute Gasteiger partial charge is 0.407 e. The number of alkyl carbamates (subject to hydrolysis) is 1. The standard InChI is InChI=1S/C26H30N2O6/c1-16-10-11-17(29)14-28(16)25(32)23(12-13-24(30)31)27-26(33)34-15-22-20-8-4-2-6-18(20)19-7-3-5-9-21(19)22/h2-9,16-17,22-23,29H,10-15H2,1H3,(H,27,33)(H,30,31)/t16-,17+,23?/m1/s1. The number of hydrogen-bond donors (Lipinski definition) is 3. The average Bonchev–Trinajstić information content (AvgIpc) is 3.15. The van der Waals surface area contributed by atoms with Crippen LogP contribution in [0.4, 0.5) is 4.79 Å². The highest BCUT2D eigenvalue weighted by Crippen LogP contribution is 2.44. The van der Waals surface area contributed by atoms with Gasteiger partial charge in [-0.05, 0) is 48.4 Å². The number of rotatable bonds is 7. The fraction of sp³-hybridized carbons (Fsp3) is 0.423. The molecule has 2 aromatic carbocycles. The first-order chi connectivity index (χ1) is 16.3. The molecule has 0 bridgehead atoms. The van der Waals surface area contributed by atoms with Crippen LogP contribution in [0.2, 0.25) is 0 Å². The molecule has 1 saturated heterocycles. The number of hydrogen-bond acceptors (Lipinski definition) is 5. The van der Waals surface area contributed by atoms with Crippen molar-refractivity contribution in [1.29, 1.82) is 0 Å². The van der Waals surface area contributed by atoms with Gasteiger partial charge in [0.2, 0.25) is 5.91 Å². The Bertz CT molecular complexity index is 1030. The Morgan fingerprint density at radius 2 is 1.68 bits per heavy atom. The molecule has 3 N–H and O–H groups in total. The van der Waals surface area contributed by atoms with Crippen molar-refractivity contribution in [1.82, 2.24) is 10.2 Å². The Morgan fingerprint density at radius 3 is 2.29 bits per heavy atom. The second-order valence-electron chi connectivity index (χ2n) is 9.03. The summed E-state index contributed by atoms with van der Waals surface area (Å²) < 4.78 is 5.54. The van der Waals surface area contributed by atoms with Crippen LogP contribution in [0, 0.1) is 0 Å². The van der Waals surface area contributed by atoms with Gasteiger partial charge in [0.1, 0.15) is 12.6 Å². The summed E-state index contributed by atoms with van der Waals surface area (Å²) in [5, 5.41) is 21.7. The zero-order valence-corrected chi connectivity index (χ0v) is 19.1. The molecule has 2 aliphatic rings. The molecule has 8 heteroatoms. The van der Waals surface area contributed by atoms with Crippen molar-refractivity contribution in [2.45, 2.75) is 56.7 Å². The molecule has 2 amide bonds. The molecule has 1 fully saturated rings. The number of likely N-dealkylation sites (tertiary alicyclic amines) is 1. The number of fused-ring (bicyclic) bond motifs is 3. The van der Waals surface area contributed by atoms with Gasteiger partial charge in [-0.3, -0.25) is 9.59 Å². The van der Waals surface area contributed by atoms with Crippen LogP contribution in [0.25, 0.3) is 11.1 Å². The maximum absolute atomic E-state index is 13.1. The number of carbonyl (C=O) groups is 3. The zero-order chi connectivity index (χ0) is 24.2. The topological polar surface area (TPSA) is 116 Å². The van der Waals surface area contributed by atoms with Gasteiger partial charge < -0.3 is 25.2 Å². The van der Waals surface area contributed by atoms with E-state index in [9.17, 15) is 19.5 Å². The maximum atomic E-state index is 13.1. The van der Waals surface area contributed by atoms with Crippen molar-refractivity contribution in [3.8, 4) is 11.1 Å². The minimum atomic E-state index is -1.06. The van der Waals surface area contributed by atoms with Crippen molar-refractivity contribution in [3.63, 3.8) is 0 Å². The van der Waals surface area contributed by atoms with Gasteiger partial charge in [-0.1, -0.05) is 48.5 Å². The highest BCUT2D eigenvalue weighted by molar-refractivity contribution is 5.86. The van der Waals surface area contributed by atoms with Gasteiger partial charge in [0.05, 0.1) is 6.10 Å². The first-order valence-corrected chi connectivity index (χ1v) is 11.7. The number of carboxylic acid groups (broad SMARTS) is 1. The molecule has 1 aliphatic heterocycles. The SMILES string of the molecule is C[C@@H]1CC[C@H](O)CN1C(=O)C(CCC(=O)O)NC(=O)OCC1c2ccccc2-c2ccccc21. The summed E-state index contributed by atoms with van der Waals surface area (Å²) in [6, 6.07) is 14.8. The summed E-state index contributed by atoms with van der Waals surface area (Å²) in [4.78, 5) is 38.5. The summed E-state index contributed by atoms with van der Waals surface area (Å²) in [7, 11) is 0. The third-order valence-corrected chi connectivity index (χ3v) is 6.72. The Morgan fingerprint density at radius 1 is 1.06 bits per heavy atom. The van der Waals surface area contributed by atoms with E-state index in [-0.39, 0.29) is 38.0 Å². The molecule has 1 heterocycles. The normalized spacial score (nSPS) is 20.2. The number of piperidine rings is 1. The molecule has 1 aliphatic carbocycles. The number of aliphatic hydroxyl groups excluding tert-OH is 1. The van der Waals surface area contributed by atoms with Crippen molar-refractivity contribution in [3.05, 3.63) is 59.7 Å². The molecule has 34 heavy (non-hydrogen) atoms. The molecule has 1 unspecified atom stereocenters. The summed E-state index contributed by atoms with van der Waals surface area (Å²) >= 11 is 0. The first-order valence-electron chi connectivity index (χ1n) is 11.7. The van der Waals surface area contributed by atoms with E-state index in [4.69, 9.17) is 9.84 Å². The van der Waals surface area contributed by atoms with E-state index >= 15 is 0 Å². The van der Waals surface area contributed by atoms with E-state index in [0.29, 0.717) is 12.8 Å². The number of benzene rings is 2. The van der Waals surface area contributed by atoms with E-state index in [2.05, 4.69) is 5.32 Å². The number of carboxylic acids is 1. The first kappa shape index (κ1) is 23.8. The predicted molar refractivity (Wildman–Crippen MR) is 125 cm³/mol. The molecular weight excluding hydrogens is 436 g/mol. The average molecular weight is 467 g/mol. The largest absolute Gasteiger partial charge is 0.481 e. The van der Waals surface area contributed by atoms with Crippen molar-refractivity contribution < 1.29 is 29.3 Å². The molecule has 0 aromatic heterocycles. The minimum absolute atomic E-state index is 0.0579. The number of ether oxygens (including phenoxy) is 1. The fourth-order valence-electron chi connectivity index (χ4n) is 4.90. The zero-order valence-electron chi connectivity index (χ0n) is 19.1. The highest BCUT2D eigenvalue weighted by Gasteiger charge is 2.34. The summed E-state index contributed by atoms with van der Waals surface area (Å²) in [6.45, 7) is 2.14. The number of nitrogens with one attached hydrogen (secondary N) is 1. The van der Waals surface area contributed by atoms with Crippen LogP contribution in [-0.4, -0.2) is 64.4 Å². The molecule has 3 atom stereocenters. The van der Waals surface area contributed by atoms with Crippen LogP contribution in [0.3, 0.4) is 0 Å². The molecule has 180 valence electrons. The molecule has 4 rings (SSSR count). The van der Waals surface area contributed by atoms with Crippen LogP contribution in [0.5, 0.6) is 0 Å². The lowest BCUT2D eigenvalue weighted by atomic mass is 9.98. The van der Waals surface area contributed by atoms with Crippen molar-refractivity contribution >= 4 is 18.0 Å². The van der Waals surface area contributed by atoms with Gasteiger partial charge in [-0.15, -0.1) is 0 Å². The van der Waals surface area contributed by atoms with Gasteiger partial charge in [0.15, 0.2) is 0 Å². The fourth-order valence-corrected chi connectivity index (χ4v) is 4.90. The summed E-state index contributed by atoms with van der Waals surface area (Å²) in [6.07, 6.45) is -0.484. The van der Waals surface area contributed by atoms with Gasteiger partial charge >= 0.3 is 12.1 Å². The van der Waals surface area contributed by atoms with Gasteiger partial charge in [0.25, 0.3) is 0 Å². The second kappa shape index (κ2) is 10.3. The Hall–Kier alpha value is -3.39. The number of aliphatic carboxylic acids is 1. The predicted octanol–water partition coefficient (Wildman–Crippen LogP) is 3.13. The molecule has 0 saturated carbocycles. The summed E-state index contributed by atoms with van der Waals surface area (Å²) in [5.41, 5.74) is 4.37. The lowest BCUT2D eigenvalue weighted by Crippen LogP contribution is -2.55. The second-order valence-corrected chi connectivity index (χ2v) is 9.03. The third-order valence-electron chi connectivity index (χ3n) is 6.72. The Kier molecular flexibility index (Phi) is 7.17. The van der Waals surface area contributed by atoms with Gasteiger partial charge in [0, 0.05) is 24.9 Å². The van der Waals surface area contributed by atoms with Crippen molar-refractivity contribution in [2.24, 2.45) is 0 Å². The Labute approximate surface area is 198 Å². The number of carbonyl (C=O) groups excluding carboxylic acids is 2. The molecule has 0 radical (unpaired) electrons. The van der Waals surface area contributed by atoms with E-state index in [1.807, 2.05) is 55.5 Å². The van der Waals surface area contributed by atoms with Crippen molar-refractivity contribution in [2.75, 3.05) is 13.2 Å². The van der Waals surface area contributed by atoms with Gasteiger partial charge in [-0.2, -0.15) is 0 Å². The van der Waals surface area contributed by atoms with Crippen LogP contribution < -0.4 is 5.32 Å². The van der Waals surface area contributed by atoms with Crippen LogP contribution in [0.15, 0.2) is 48.5 Å². The number of aliphatic hydroxyl groups is 1. The van der Waals surface area contributed by atoms with Crippen LogP contribution >= 0.6 is 0 Å². The lowest BCUT2D eigenvalue weighted by molar-refractivity contribution is -0.140. The monoisotopic (exact) mass is 466 g/mol. The molecule has 0 spiro atoms. The quantitative estimate of drug-likeness (QED) is 0.577. The number of β-amino-alcohol motifs (C(OH)–C–C–N with tert-alkyl or cyclic N) is 1. The van der Waals surface area contributed by atoms with E-state index in [0.717, 1.165) is 22.3 Å². The van der Waals surface area contributed by atoms with E-state index in [1.54, 1.807) is 0 Å². The maximum Gasteiger partial charge on any atom is 0.407 e. The molecule has 2 aromatic rings. The Balaban J connectivity index is 1.44. The number of amides is 2. The van der Waals surface area contributed by atoms with E-state index < -0.39 is 30.1 Å². The number of nitrogens with zero attached hydrogens (tertiary/aromatic N) is 1.